The smallest absolute Gasteiger partial charge is 0.274 e. The summed E-state index contributed by atoms with van der Waals surface area (Å²) in [5, 5.41) is 7.18. The van der Waals surface area contributed by atoms with Crippen LogP contribution in [0.25, 0.3) is 10.8 Å². The van der Waals surface area contributed by atoms with Gasteiger partial charge in [0.05, 0.1) is 11.1 Å². The van der Waals surface area contributed by atoms with Gasteiger partial charge in [-0.05, 0) is 69.1 Å². The molecule has 1 aromatic heterocycles. The number of aromatic nitrogens is 2. The van der Waals surface area contributed by atoms with Crippen molar-refractivity contribution in [2.24, 2.45) is 0 Å². The van der Waals surface area contributed by atoms with Crippen LogP contribution in [0.4, 0.5) is 0 Å². The van der Waals surface area contributed by atoms with Crippen molar-refractivity contribution < 1.29 is 0 Å². The quantitative estimate of drug-likeness (QED) is 0.520. The molecule has 0 amide bonds. The average molecular weight is 410 g/mol. The number of nitrogens with zero attached hydrogens (tertiary/aromatic N) is 3. The maximum Gasteiger partial charge on any atom is 0.274 e. The van der Waals surface area contributed by atoms with Gasteiger partial charge in [-0.2, -0.15) is 5.10 Å². The van der Waals surface area contributed by atoms with E-state index in [2.05, 4.69) is 4.90 Å². The van der Waals surface area contributed by atoms with Crippen molar-refractivity contribution in [3.63, 3.8) is 0 Å². The molecule has 0 saturated carbocycles. The fourth-order valence-electron chi connectivity index (χ4n) is 4.16. The Morgan fingerprint density at radius 1 is 0.862 bits per heavy atom. The van der Waals surface area contributed by atoms with Crippen LogP contribution >= 0.6 is 11.6 Å². The van der Waals surface area contributed by atoms with Gasteiger partial charge in [-0.25, -0.2) is 4.68 Å². The van der Waals surface area contributed by atoms with Crippen molar-refractivity contribution >= 4 is 22.4 Å². The summed E-state index contributed by atoms with van der Waals surface area (Å²) in [5.41, 5.74) is 2.10. The van der Waals surface area contributed by atoms with E-state index in [9.17, 15) is 4.79 Å². The average Bonchev–Trinajstić information content (AvgIpc) is 2.76. The van der Waals surface area contributed by atoms with E-state index in [0.29, 0.717) is 13.0 Å². The van der Waals surface area contributed by atoms with Gasteiger partial charge in [0.25, 0.3) is 5.56 Å². The summed E-state index contributed by atoms with van der Waals surface area (Å²) >= 11 is 6.02. The second kappa shape index (κ2) is 9.55. The Bertz CT molecular complexity index is 1010. The molecule has 0 atom stereocenters. The van der Waals surface area contributed by atoms with E-state index < -0.39 is 0 Å². The highest BCUT2D eigenvalue weighted by molar-refractivity contribution is 6.30. The number of unbranched alkanes of at least 4 members (excludes halogenated alkanes) is 1. The molecule has 29 heavy (non-hydrogen) atoms. The molecule has 0 radical (unpaired) electrons. The highest BCUT2D eigenvalue weighted by atomic mass is 35.5. The second-order valence-electron chi connectivity index (χ2n) is 7.93. The third-order valence-electron chi connectivity index (χ3n) is 5.77. The zero-order chi connectivity index (χ0) is 20.1. The van der Waals surface area contributed by atoms with Gasteiger partial charge < -0.3 is 4.90 Å². The van der Waals surface area contributed by atoms with Gasteiger partial charge in [-0.3, -0.25) is 4.79 Å². The molecule has 4 rings (SSSR count). The first kappa shape index (κ1) is 20.1. The van der Waals surface area contributed by atoms with Crippen LogP contribution in [0.1, 0.15) is 43.4 Å². The summed E-state index contributed by atoms with van der Waals surface area (Å²) in [7, 11) is 0. The topological polar surface area (TPSA) is 38.1 Å². The number of fused-ring (bicyclic) bond motifs is 1. The summed E-state index contributed by atoms with van der Waals surface area (Å²) in [6.07, 6.45) is 6.77. The summed E-state index contributed by atoms with van der Waals surface area (Å²) < 4.78 is 1.67. The number of rotatable bonds is 7. The van der Waals surface area contributed by atoms with E-state index >= 15 is 0 Å². The van der Waals surface area contributed by atoms with Gasteiger partial charge in [0, 0.05) is 23.4 Å². The molecule has 1 aliphatic heterocycles. The Hall–Kier alpha value is -2.17. The van der Waals surface area contributed by atoms with Crippen LogP contribution in [0.15, 0.2) is 53.3 Å². The normalized spacial score (nSPS) is 15.1. The van der Waals surface area contributed by atoms with Gasteiger partial charge in [0.2, 0.25) is 0 Å². The van der Waals surface area contributed by atoms with Crippen LogP contribution in [0, 0.1) is 0 Å². The summed E-state index contributed by atoms with van der Waals surface area (Å²) in [5.74, 6) is 0. The molecule has 152 valence electrons. The van der Waals surface area contributed by atoms with Crippen molar-refractivity contribution in [1.82, 2.24) is 14.7 Å². The molecule has 1 saturated heterocycles. The third kappa shape index (κ3) is 5.06. The van der Waals surface area contributed by atoms with Gasteiger partial charge in [0.1, 0.15) is 0 Å². The van der Waals surface area contributed by atoms with Gasteiger partial charge >= 0.3 is 0 Å². The minimum atomic E-state index is 0.0124. The molecular formula is C24H28ClN3O. The first-order valence-corrected chi connectivity index (χ1v) is 11.0. The van der Waals surface area contributed by atoms with Crippen molar-refractivity contribution in [3.8, 4) is 0 Å². The standard InChI is InChI=1S/C24H28ClN3O/c25-20-12-10-19(11-13-20)18-23-21-8-2-3-9-22(21)24(29)28(26-23)17-7-6-16-27-14-4-1-5-15-27/h2-3,8-13H,1,4-7,14-18H2. The molecule has 3 aromatic rings. The molecule has 0 unspecified atom stereocenters. The Balaban J connectivity index is 1.51. The second-order valence-corrected chi connectivity index (χ2v) is 8.37. The van der Waals surface area contributed by atoms with Crippen LogP contribution in [0.2, 0.25) is 5.02 Å². The lowest BCUT2D eigenvalue weighted by molar-refractivity contribution is 0.223. The van der Waals surface area contributed by atoms with E-state index in [0.717, 1.165) is 46.4 Å². The predicted molar refractivity (Wildman–Crippen MR) is 120 cm³/mol. The number of halogens is 1. The molecular weight excluding hydrogens is 382 g/mol. The summed E-state index contributed by atoms with van der Waals surface area (Å²) in [6, 6.07) is 15.6. The molecule has 2 heterocycles. The predicted octanol–water partition coefficient (Wildman–Crippen LogP) is 4.91. The Morgan fingerprint density at radius 2 is 1.55 bits per heavy atom. The number of aryl methyl sites for hydroxylation is 1. The fraction of sp³-hybridized carbons (Fsp3) is 0.417. The van der Waals surface area contributed by atoms with Crippen molar-refractivity contribution in [3.05, 3.63) is 75.2 Å². The van der Waals surface area contributed by atoms with Gasteiger partial charge in [-0.15, -0.1) is 0 Å². The molecule has 2 aromatic carbocycles. The number of likely N-dealkylation sites (tertiary alicyclic amines) is 1. The fourth-order valence-corrected chi connectivity index (χ4v) is 4.29. The van der Waals surface area contributed by atoms with E-state index in [1.165, 1.54) is 32.4 Å². The Morgan fingerprint density at radius 3 is 2.31 bits per heavy atom. The largest absolute Gasteiger partial charge is 0.303 e. The molecule has 5 heteroatoms. The monoisotopic (exact) mass is 409 g/mol. The first-order chi connectivity index (χ1) is 14.2. The third-order valence-corrected chi connectivity index (χ3v) is 6.02. The number of benzene rings is 2. The number of hydrogen-bond donors (Lipinski definition) is 0. The summed E-state index contributed by atoms with van der Waals surface area (Å²) in [6.45, 7) is 4.24. The van der Waals surface area contributed by atoms with Gasteiger partial charge in [-0.1, -0.05) is 48.4 Å². The molecule has 1 fully saturated rings. The lowest BCUT2D eigenvalue weighted by Crippen LogP contribution is -2.31. The van der Waals surface area contributed by atoms with E-state index in [1.54, 1.807) is 4.68 Å². The van der Waals surface area contributed by atoms with E-state index in [4.69, 9.17) is 16.7 Å². The van der Waals surface area contributed by atoms with Crippen LogP contribution in [0.3, 0.4) is 0 Å². The molecule has 0 N–H and O–H groups in total. The van der Waals surface area contributed by atoms with Gasteiger partial charge in [0.15, 0.2) is 0 Å². The first-order valence-electron chi connectivity index (χ1n) is 10.7. The van der Waals surface area contributed by atoms with Crippen LogP contribution < -0.4 is 5.56 Å². The maximum atomic E-state index is 12.9. The van der Waals surface area contributed by atoms with E-state index in [-0.39, 0.29) is 5.56 Å². The zero-order valence-corrected chi connectivity index (χ0v) is 17.6. The van der Waals surface area contributed by atoms with Crippen LogP contribution in [-0.2, 0) is 13.0 Å². The highest BCUT2D eigenvalue weighted by Crippen LogP contribution is 2.18. The van der Waals surface area contributed by atoms with Crippen molar-refractivity contribution in [2.75, 3.05) is 19.6 Å². The molecule has 0 aliphatic carbocycles. The van der Waals surface area contributed by atoms with Crippen LogP contribution in [-0.4, -0.2) is 34.3 Å². The lowest BCUT2D eigenvalue weighted by Gasteiger charge is -2.26. The molecule has 0 bridgehead atoms. The molecule has 0 spiro atoms. The highest BCUT2D eigenvalue weighted by Gasteiger charge is 2.12. The van der Waals surface area contributed by atoms with Crippen molar-refractivity contribution in [1.29, 1.82) is 0 Å². The summed E-state index contributed by atoms with van der Waals surface area (Å²) in [4.78, 5) is 15.5. The SMILES string of the molecule is O=c1c2ccccc2c(Cc2ccc(Cl)cc2)nn1CCCCN1CCCCC1. The minimum Gasteiger partial charge on any atom is -0.303 e. The maximum absolute atomic E-state index is 12.9. The lowest BCUT2D eigenvalue weighted by atomic mass is 10.0. The Labute approximate surface area is 177 Å². The molecule has 4 nitrogen and oxygen atoms in total. The Kier molecular flexibility index (Phi) is 6.63. The molecule has 1 aliphatic rings. The van der Waals surface area contributed by atoms with E-state index in [1.807, 2.05) is 48.5 Å². The van der Waals surface area contributed by atoms with Crippen molar-refractivity contribution in [2.45, 2.75) is 45.1 Å². The zero-order valence-electron chi connectivity index (χ0n) is 16.8. The van der Waals surface area contributed by atoms with Crippen LogP contribution in [0.5, 0.6) is 0 Å². The number of piperidine rings is 1. The number of hydrogen-bond acceptors (Lipinski definition) is 3. The minimum absolute atomic E-state index is 0.0124.